The van der Waals surface area contributed by atoms with Gasteiger partial charge in [0.2, 0.25) is 5.16 Å². The molecule has 4 rings (SSSR count). The maximum Gasteiger partial charge on any atom is 0.257 e. The van der Waals surface area contributed by atoms with Gasteiger partial charge < -0.3 is 4.52 Å². The summed E-state index contributed by atoms with van der Waals surface area (Å²) in [7, 11) is 0. The van der Waals surface area contributed by atoms with Gasteiger partial charge in [-0.05, 0) is 46.8 Å². The standard InChI is InChI=1S/C16H11ClN6OS/c17-12-8-6-11(7-9-12)15-18-14(20-24-15)10-25-16-19-21-22-23(16)13-4-2-1-3-5-13/h1-9H,10H2. The van der Waals surface area contributed by atoms with E-state index < -0.39 is 0 Å². The summed E-state index contributed by atoms with van der Waals surface area (Å²) in [5.41, 5.74) is 1.72. The third-order valence-corrected chi connectivity index (χ3v) is 4.50. The fraction of sp³-hybridized carbons (Fsp3) is 0.0625. The number of hydrogen-bond acceptors (Lipinski definition) is 7. The number of thioether (sulfide) groups is 1. The molecule has 25 heavy (non-hydrogen) atoms. The quantitative estimate of drug-likeness (QED) is 0.496. The molecule has 4 aromatic rings. The zero-order valence-corrected chi connectivity index (χ0v) is 14.4. The predicted octanol–water partition coefficient (Wildman–Crippen LogP) is 3.66. The molecule has 0 spiro atoms. The van der Waals surface area contributed by atoms with E-state index in [1.165, 1.54) is 11.8 Å². The number of tetrazole rings is 1. The molecule has 124 valence electrons. The number of halogens is 1. The van der Waals surface area contributed by atoms with Crippen LogP contribution in [0.4, 0.5) is 0 Å². The summed E-state index contributed by atoms with van der Waals surface area (Å²) in [4.78, 5) is 4.39. The van der Waals surface area contributed by atoms with Crippen LogP contribution < -0.4 is 0 Å². The van der Waals surface area contributed by atoms with Crippen LogP contribution in [0.25, 0.3) is 17.1 Å². The van der Waals surface area contributed by atoms with Crippen molar-refractivity contribution in [1.29, 1.82) is 0 Å². The Balaban J connectivity index is 1.48. The van der Waals surface area contributed by atoms with Crippen LogP contribution in [-0.4, -0.2) is 30.3 Å². The minimum absolute atomic E-state index is 0.454. The Morgan fingerprint density at radius 2 is 1.84 bits per heavy atom. The molecule has 0 bridgehead atoms. The maximum atomic E-state index is 5.89. The molecule has 2 heterocycles. The molecule has 2 aromatic carbocycles. The van der Waals surface area contributed by atoms with Crippen molar-refractivity contribution in [2.24, 2.45) is 0 Å². The summed E-state index contributed by atoms with van der Waals surface area (Å²) >= 11 is 7.32. The van der Waals surface area contributed by atoms with E-state index >= 15 is 0 Å². The van der Waals surface area contributed by atoms with Crippen molar-refractivity contribution in [1.82, 2.24) is 30.3 Å². The van der Waals surface area contributed by atoms with Gasteiger partial charge in [-0.15, -0.1) is 5.10 Å². The average molecular weight is 371 g/mol. The van der Waals surface area contributed by atoms with Gasteiger partial charge in [0.25, 0.3) is 5.89 Å². The molecule has 9 heteroatoms. The monoisotopic (exact) mass is 370 g/mol. The second-order valence-corrected chi connectivity index (χ2v) is 6.40. The lowest BCUT2D eigenvalue weighted by atomic mass is 10.2. The predicted molar refractivity (Wildman–Crippen MR) is 93.5 cm³/mol. The van der Waals surface area contributed by atoms with Crippen LogP contribution in [0, 0.1) is 0 Å². The van der Waals surface area contributed by atoms with E-state index in [1.54, 1.807) is 16.8 Å². The van der Waals surface area contributed by atoms with Gasteiger partial charge in [-0.1, -0.05) is 46.7 Å². The smallest absolute Gasteiger partial charge is 0.257 e. The molecule has 0 atom stereocenters. The van der Waals surface area contributed by atoms with Gasteiger partial charge in [-0.25, -0.2) is 0 Å². The first-order chi connectivity index (χ1) is 12.3. The van der Waals surface area contributed by atoms with Crippen LogP contribution in [0.2, 0.25) is 5.02 Å². The summed E-state index contributed by atoms with van der Waals surface area (Å²) in [6.45, 7) is 0. The molecule has 0 radical (unpaired) electrons. The lowest BCUT2D eigenvalue weighted by Crippen LogP contribution is -1.98. The molecule has 0 amide bonds. The van der Waals surface area contributed by atoms with E-state index in [0.717, 1.165) is 11.3 Å². The topological polar surface area (TPSA) is 82.5 Å². The number of para-hydroxylation sites is 1. The lowest BCUT2D eigenvalue weighted by molar-refractivity contribution is 0.425. The number of aromatic nitrogens is 6. The molecule has 0 unspecified atom stereocenters. The minimum atomic E-state index is 0.454. The van der Waals surface area contributed by atoms with Crippen LogP contribution >= 0.6 is 23.4 Å². The first-order valence-corrected chi connectivity index (χ1v) is 8.71. The third-order valence-electron chi connectivity index (χ3n) is 3.33. The molecule has 0 fully saturated rings. The van der Waals surface area contributed by atoms with Crippen molar-refractivity contribution in [3.63, 3.8) is 0 Å². The Hall–Kier alpha value is -2.71. The summed E-state index contributed by atoms with van der Waals surface area (Å²) in [5.74, 6) is 1.51. The van der Waals surface area contributed by atoms with Gasteiger partial charge in [0.05, 0.1) is 11.4 Å². The molecule has 0 saturated carbocycles. The van der Waals surface area contributed by atoms with E-state index in [1.807, 2.05) is 42.5 Å². The largest absolute Gasteiger partial charge is 0.334 e. The summed E-state index contributed by atoms with van der Waals surface area (Å²) in [6.07, 6.45) is 0. The Morgan fingerprint density at radius 3 is 2.64 bits per heavy atom. The minimum Gasteiger partial charge on any atom is -0.334 e. The Labute approximate surface area is 152 Å². The number of hydrogen-bond donors (Lipinski definition) is 0. The van der Waals surface area contributed by atoms with Crippen molar-refractivity contribution in [2.45, 2.75) is 10.9 Å². The zero-order valence-electron chi connectivity index (χ0n) is 12.8. The van der Waals surface area contributed by atoms with Gasteiger partial charge in [-0.2, -0.15) is 9.67 Å². The van der Waals surface area contributed by atoms with E-state index in [9.17, 15) is 0 Å². The molecule has 2 aromatic heterocycles. The van der Waals surface area contributed by atoms with E-state index in [4.69, 9.17) is 16.1 Å². The van der Waals surface area contributed by atoms with Crippen LogP contribution in [0.1, 0.15) is 5.82 Å². The van der Waals surface area contributed by atoms with Gasteiger partial charge >= 0.3 is 0 Å². The molecule has 0 aliphatic heterocycles. The SMILES string of the molecule is Clc1ccc(-c2nc(CSc3nnnn3-c3ccccc3)no2)cc1. The second-order valence-electron chi connectivity index (χ2n) is 5.02. The first-order valence-electron chi connectivity index (χ1n) is 7.35. The third kappa shape index (κ3) is 3.54. The van der Waals surface area contributed by atoms with Crippen molar-refractivity contribution < 1.29 is 4.52 Å². The molecular weight excluding hydrogens is 360 g/mol. The van der Waals surface area contributed by atoms with Crippen LogP contribution in [0.15, 0.2) is 64.3 Å². The van der Waals surface area contributed by atoms with Crippen LogP contribution in [-0.2, 0) is 5.75 Å². The van der Waals surface area contributed by atoms with E-state index in [-0.39, 0.29) is 0 Å². The Kier molecular flexibility index (Phi) is 4.45. The van der Waals surface area contributed by atoms with Gasteiger partial charge in [0.1, 0.15) is 0 Å². The fourth-order valence-electron chi connectivity index (χ4n) is 2.15. The highest BCUT2D eigenvalue weighted by Crippen LogP contribution is 2.24. The van der Waals surface area contributed by atoms with E-state index in [0.29, 0.717) is 27.6 Å². The fourth-order valence-corrected chi connectivity index (χ4v) is 3.01. The maximum absolute atomic E-state index is 5.89. The summed E-state index contributed by atoms with van der Waals surface area (Å²) in [6, 6.07) is 16.9. The highest BCUT2D eigenvalue weighted by Gasteiger charge is 2.13. The summed E-state index contributed by atoms with van der Waals surface area (Å²) in [5, 5.41) is 17.1. The lowest BCUT2D eigenvalue weighted by Gasteiger charge is -2.02. The normalized spacial score (nSPS) is 10.9. The average Bonchev–Trinajstić information content (AvgIpc) is 3.31. The van der Waals surface area contributed by atoms with Crippen molar-refractivity contribution in [2.75, 3.05) is 0 Å². The van der Waals surface area contributed by atoms with E-state index in [2.05, 4.69) is 25.7 Å². The molecular formula is C16H11ClN6OS. The van der Waals surface area contributed by atoms with Crippen LogP contribution in [0.5, 0.6) is 0 Å². The summed E-state index contributed by atoms with van der Waals surface area (Å²) < 4.78 is 6.97. The first kappa shape index (κ1) is 15.8. The molecule has 0 N–H and O–H groups in total. The molecule has 0 aliphatic carbocycles. The van der Waals surface area contributed by atoms with Crippen molar-refractivity contribution in [3.05, 3.63) is 65.4 Å². The highest BCUT2D eigenvalue weighted by molar-refractivity contribution is 7.98. The Morgan fingerprint density at radius 1 is 1.04 bits per heavy atom. The van der Waals surface area contributed by atoms with Gasteiger partial charge in [0, 0.05) is 10.6 Å². The van der Waals surface area contributed by atoms with Gasteiger partial charge in [-0.3, -0.25) is 0 Å². The highest BCUT2D eigenvalue weighted by atomic mass is 35.5. The molecule has 0 saturated heterocycles. The van der Waals surface area contributed by atoms with Crippen molar-refractivity contribution >= 4 is 23.4 Å². The molecule has 7 nitrogen and oxygen atoms in total. The second kappa shape index (κ2) is 7.04. The number of nitrogens with zero attached hydrogens (tertiary/aromatic N) is 6. The number of rotatable bonds is 5. The van der Waals surface area contributed by atoms with Crippen LogP contribution in [0.3, 0.4) is 0 Å². The Bertz CT molecular complexity index is 970. The zero-order chi connectivity index (χ0) is 17.1. The van der Waals surface area contributed by atoms with Gasteiger partial charge in [0.15, 0.2) is 5.82 Å². The number of benzene rings is 2. The molecule has 0 aliphatic rings. The van der Waals surface area contributed by atoms with Crippen molar-refractivity contribution in [3.8, 4) is 17.1 Å².